The summed E-state index contributed by atoms with van der Waals surface area (Å²) in [5.74, 6) is 0.647. The number of carbonyl (C=O) groups excluding carboxylic acids is 1. The number of pyridine rings is 1. The number of rotatable bonds is 6. The van der Waals surface area contributed by atoms with Crippen LogP contribution in [0.4, 0.5) is 0 Å². The molecule has 140 valence electrons. The van der Waals surface area contributed by atoms with E-state index in [-0.39, 0.29) is 11.7 Å². The third-order valence-electron chi connectivity index (χ3n) is 4.61. The van der Waals surface area contributed by atoms with E-state index < -0.39 is 0 Å². The fraction of sp³-hybridized carbons (Fsp3) is 0.0952. The van der Waals surface area contributed by atoms with Gasteiger partial charge in [-0.05, 0) is 48.4 Å². The van der Waals surface area contributed by atoms with Crippen molar-refractivity contribution in [2.75, 3.05) is 6.54 Å². The van der Waals surface area contributed by atoms with Crippen molar-refractivity contribution < 1.29 is 4.79 Å². The molecule has 1 aromatic carbocycles. The predicted molar refractivity (Wildman–Crippen MR) is 109 cm³/mol. The Morgan fingerprint density at radius 2 is 2.04 bits per heavy atom. The number of benzene rings is 1. The van der Waals surface area contributed by atoms with Crippen LogP contribution < -0.4 is 11.1 Å². The van der Waals surface area contributed by atoms with Crippen LogP contribution in [0.3, 0.4) is 0 Å². The van der Waals surface area contributed by atoms with Crippen LogP contribution in [-0.2, 0) is 6.42 Å². The minimum absolute atomic E-state index is 0.0348. The van der Waals surface area contributed by atoms with Crippen molar-refractivity contribution in [3.63, 3.8) is 0 Å². The Bertz CT molecular complexity index is 1130. The standard InChI is InChI=1S/C21H20N6O/c22-20(23)17-13-25-18-5-3-14(11-16(17)18)7-8-24-21(28)15-4-6-19(26-12-15)27-9-1-2-10-27/h1-6,9-13,25H,7-8H2,(H3,22,23)(H,24,28). The largest absolute Gasteiger partial charge is 0.384 e. The number of H-pyrrole nitrogens is 1. The lowest BCUT2D eigenvalue weighted by Gasteiger charge is -2.07. The third kappa shape index (κ3) is 3.50. The molecular formula is C21H20N6O. The number of amides is 1. The molecule has 0 aliphatic rings. The zero-order chi connectivity index (χ0) is 19.5. The van der Waals surface area contributed by atoms with Crippen LogP contribution in [0.1, 0.15) is 21.5 Å². The Labute approximate surface area is 161 Å². The van der Waals surface area contributed by atoms with Crippen LogP contribution in [-0.4, -0.2) is 32.8 Å². The molecule has 1 amide bonds. The van der Waals surface area contributed by atoms with E-state index in [1.54, 1.807) is 18.5 Å². The Kier molecular flexibility index (Phi) is 4.63. The Hall–Kier alpha value is -3.87. The van der Waals surface area contributed by atoms with Crippen molar-refractivity contribution in [1.82, 2.24) is 19.9 Å². The highest BCUT2D eigenvalue weighted by Crippen LogP contribution is 2.19. The maximum absolute atomic E-state index is 12.3. The average Bonchev–Trinajstić information content (AvgIpc) is 3.38. The number of carbonyl (C=O) groups is 1. The number of aromatic nitrogens is 3. The van der Waals surface area contributed by atoms with Gasteiger partial charge in [0.1, 0.15) is 11.7 Å². The number of aromatic amines is 1. The molecule has 0 bridgehead atoms. The molecule has 3 heterocycles. The first-order valence-corrected chi connectivity index (χ1v) is 8.94. The molecule has 3 aromatic heterocycles. The summed E-state index contributed by atoms with van der Waals surface area (Å²) in [5, 5.41) is 11.5. The summed E-state index contributed by atoms with van der Waals surface area (Å²) < 4.78 is 1.88. The summed E-state index contributed by atoms with van der Waals surface area (Å²) in [5.41, 5.74) is 8.84. The molecule has 0 unspecified atom stereocenters. The second-order valence-electron chi connectivity index (χ2n) is 6.50. The monoisotopic (exact) mass is 372 g/mol. The van der Waals surface area contributed by atoms with Crippen molar-refractivity contribution in [2.24, 2.45) is 5.73 Å². The highest BCUT2D eigenvalue weighted by Gasteiger charge is 2.09. The van der Waals surface area contributed by atoms with E-state index in [2.05, 4.69) is 15.3 Å². The first kappa shape index (κ1) is 17.5. The summed E-state index contributed by atoms with van der Waals surface area (Å²) in [6, 6.07) is 13.4. The lowest BCUT2D eigenvalue weighted by molar-refractivity contribution is 0.0954. The fourth-order valence-corrected chi connectivity index (χ4v) is 3.13. The number of hydrogen-bond donors (Lipinski definition) is 4. The van der Waals surface area contributed by atoms with Gasteiger partial charge in [0, 0.05) is 47.8 Å². The molecule has 0 spiro atoms. The normalized spacial score (nSPS) is 10.9. The van der Waals surface area contributed by atoms with Crippen LogP contribution in [0.25, 0.3) is 16.7 Å². The first-order chi connectivity index (χ1) is 13.6. The molecule has 28 heavy (non-hydrogen) atoms. The molecule has 5 N–H and O–H groups in total. The van der Waals surface area contributed by atoms with Gasteiger partial charge in [-0.1, -0.05) is 6.07 Å². The summed E-state index contributed by atoms with van der Waals surface area (Å²) in [4.78, 5) is 19.8. The van der Waals surface area contributed by atoms with Gasteiger partial charge < -0.3 is 20.6 Å². The SMILES string of the molecule is N=C(N)c1c[nH]c2ccc(CCNC(=O)c3ccc(-n4cccc4)nc3)cc12. The molecule has 0 saturated carbocycles. The molecule has 0 aliphatic heterocycles. The van der Waals surface area contributed by atoms with Gasteiger partial charge in [-0.2, -0.15) is 0 Å². The minimum atomic E-state index is -0.154. The molecule has 0 saturated heterocycles. The van der Waals surface area contributed by atoms with Gasteiger partial charge in [-0.3, -0.25) is 10.2 Å². The highest BCUT2D eigenvalue weighted by atomic mass is 16.1. The molecule has 0 aliphatic carbocycles. The zero-order valence-electron chi connectivity index (χ0n) is 15.1. The minimum Gasteiger partial charge on any atom is -0.384 e. The van der Waals surface area contributed by atoms with Crippen LogP contribution in [0.15, 0.2) is 67.3 Å². The second kappa shape index (κ2) is 7.40. The Balaban J connectivity index is 1.38. The van der Waals surface area contributed by atoms with Gasteiger partial charge in [-0.15, -0.1) is 0 Å². The number of nitrogen functional groups attached to an aromatic ring is 1. The van der Waals surface area contributed by atoms with E-state index >= 15 is 0 Å². The van der Waals surface area contributed by atoms with Gasteiger partial charge in [0.2, 0.25) is 0 Å². The quantitative estimate of drug-likeness (QED) is 0.308. The number of nitrogens with two attached hydrogens (primary N) is 1. The summed E-state index contributed by atoms with van der Waals surface area (Å²) in [6.07, 6.45) is 7.81. The number of amidine groups is 1. The van der Waals surface area contributed by atoms with E-state index in [0.29, 0.717) is 24.1 Å². The van der Waals surface area contributed by atoms with Crippen molar-refractivity contribution in [2.45, 2.75) is 6.42 Å². The highest BCUT2D eigenvalue weighted by molar-refractivity contribution is 6.07. The van der Waals surface area contributed by atoms with Crippen molar-refractivity contribution >= 4 is 22.6 Å². The summed E-state index contributed by atoms with van der Waals surface area (Å²) in [6.45, 7) is 0.503. The van der Waals surface area contributed by atoms with E-state index in [1.807, 2.05) is 53.4 Å². The van der Waals surface area contributed by atoms with Crippen LogP contribution in [0, 0.1) is 5.41 Å². The topological polar surface area (TPSA) is 113 Å². The zero-order valence-corrected chi connectivity index (χ0v) is 15.1. The molecule has 7 nitrogen and oxygen atoms in total. The van der Waals surface area contributed by atoms with Gasteiger partial charge in [0.05, 0.1) is 5.56 Å². The molecule has 4 rings (SSSR count). The summed E-state index contributed by atoms with van der Waals surface area (Å²) >= 11 is 0. The van der Waals surface area contributed by atoms with Crippen molar-refractivity contribution in [3.8, 4) is 5.82 Å². The lowest BCUT2D eigenvalue weighted by Crippen LogP contribution is -2.25. The maximum atomic E-state index is 12.3. The number of nitrogens with zero attached hydrogens (tertiary/aromatic N) is 2. The fourth-order valence-electron chi connectivity index (χ4n) is 3.13. The molecular weight excluding hydrogens is 352 g/mol. The Morgan fingerprint density at radius 1 is 1.21 bits per heavy atom. The number of fused-ring (bicyclic) bond motifs is 1. The first-order valence-electron chi connectivity index (χ1n) is 8.94. The molecule has 0 radical (unpaired) electrons. The summed E-state index contributed by atoms with van der Waals surface area (Å²) in [7, 11) is 0. The van der Waals surface area contributed by atoms with Crippen LogP contribution in [0.2, 0.25) is 0 Å². The average molecular weight is 372 g/mol. The van der Waals surface area contributed by atoms with Crippen molar-refractivity contribution in [3.05, 3.63) is 83.9 Å². The van der Waals surface area contributed by atoms with E-state index in [9.17, 15) is 4.79 Å². The number of hydrogen-bond acceptors (Lipinski definition) is 3. The predicted octanol–water partition coefficient (Wildman–Crippen LogP) is 2.61. The van der Waals surface area contributed by atoms with Crippen LogP contribution in [0.5, 0.6) is 0 Å². The van der Waals surface area contributed by atoms with E-state index in [0.717, 1.165) is 22.3 Å². The molecule has 4 aromatic rings. The van der Waals surface area contributed by atoms with Crippen molar-refractivity contribution in [1.29, 1.82) is 5.41 Å². The molecule has 7 heteroatoms. The lowest BCUT2D eigenvalue weighted by atomic mass is 10.1. The van der Waals surface area contributed by atoms with Crippen LogP contribution >= 0.6 is 0 Å². The molecule has 0 fully saturated rings. The van der Waals surface area contributed by atoms with E-state index in [1.165, 1.54) is 0 Å². The molecule has 0 atom stereocenters. The van der Waals surface area contributed by atoms with Gasteiger partial charge in [-0.25, -0.2) is 4.98 Å². The second-order valence-corrected chi connectivity index (χ2v) is 6.50. The van der Waals surface area contributed by atoms with Gasteiger partial charge in [0.15, 0.2) is 0 Å². The van der Waals surface area contributed by atoms with Gasteiger partial charge in [0.25, 0.3) is 5.91 Å². The number of nitrogens with one attached hydrogen (secondary N) is 3. The maximum Gasteiger partial charge on any atom is 0.252 e. The van der Waals surface area contributed by atoms with E-state index in [4.69, 9.17) is 11.1 Å². The smallest absolute Gasteiger partial charge is 0.252 e. The van der Waals surface area contributed by atoms with Gasteiger partial charge >= 0.3 is 0 Å². The third-order valence-corrected chi connectivity index (χ3v) is 4.61. The Morgan fingerprint density at radius 3 is 2.75 bits per heavy atom.